The van der Waals surface area contributed by atoms with Crippen LogP contribution >= 0.6 is 9.24 Å². The van der Waals surface area contributed by atoms with Crippen molar-refractivity contribution in [3.05, 3.63) is 59.9 Å². The second-order valence-electron chi connectivity index (χ2n) is 2.45. The Balaban J connectivity index is -0.000000174. The molecule has 16 heavy (non-hydrogen) atoms. The topological polar surface area (TPSA) is 0 Å². The summed E-state index contributed by atoms with van der Waals surface area (Å²) in [4.78, 5) is 0. The van der Waals surface area contributed by atoms with Gasteiger partial charge in [-0.2, -0.15) is 36.4 Å². The molecule has 0 bridgehead atoms. The van der Waals surface area contributed by atoms with Gasteiger partial charge in [0.25, 0.3) is 0 Å². The van der Waals surface area contributed by atoms with E-state index in [1.807, 2.05) is 76.3 Å². The van der Waals surface area contributed by atoms with Crippen molar-refractivity contribution in [3.63, 3.8) is 0 Å². The summed E-state index contributed by atoms with van der Waals surface area (Å²) in [5.74, 6) is 0. The SMILES string of the molecule is C/C=C\C=C(/C)[PH-].CC.[Na+].[c-]1ccccc1. The van der Waals surface area contributed by atoms with E-state index in [1.54, 1.807) is 0 Å². The molecule has 0 aliphatic carbocycles. The van der Waals surface area contributed by atoms with Gasteiger partial charge in [-0.3, -0.25) is 0 Å². The van der Waals surface area contributed by atoms with E-state index in [4.69, 9.17) is 0 Å². The average molecular weight is 243 g/mol. The Morgan fingerprint density at radius 2 is 1.62 bits per heavy atom. The number of rotatable bonds is 1. The third kappa shape index (κ3) is 23.7. The second kappa shape index (κ2) is 20.5. The van der Waals surface area contributed by atoms with E-state index in [2.05, 4.69) is 15.3 Å². The Bertz CT molecular complexity index is 222. The average Bonchev–Trinajstić information content (AvgIpc) is 2.32. The molecule has 0 saturated carbocycles. The van der Waals surface area contributed by atoms with Gasteiger partial charge in [0.2, 0.25) is 0 Å². The summed E-state index contributed by atoms with van der Waals surface area (Å²) in [5.41, 5.74) is 0. The first-order valence-corrected chi connectivity index (χ1v) is 5.69. The van der Waals surface area contributed by atoms with Crippen LogP contribution in [0.4, 0.5) is 0 Å². The molecule has 0 aromatic heterocycles. The third-order valence-corrected chi connectivity index (χ3v) is 1.31. The molecule has 0 unspecified atom stereocenters. The van der Waals surface area contributed by atoms with Crippen LogP contribution in [-0.2, 0) is 0 Å². The van der Waals surface area contributed by atoms with Crippen LogP contribution in [0.3, 0.4) is 0 Å². The summed E-state index contributed by atoms with van der Waals surface area (Å²) in [7, 11) is 3.33. The fourth-order valence-corrected chi connectivity index (χ4v) is 0.679. The van der Waals surface area contributed by atoms with Gasteiger partial charge in [-0.15, -0.1) is 0 Å². The van der Waals surface area contributed by atoms with E-state index in [1.165, 1.54) is 0 Å². The first kappa shape index (κ1) is 21.4. The van der Waals surface area contributed by atoms with Gasteiger partial charge < -0.3 is 9.24 Å². The fraction of sp³-hybridized carbons (Fsp3) is 0.286. The molecule has 0 spiro atoms. The van der Waals surface area contributed by atoms with Crippen molar-refractivity contribution >= 4 is 9.24 Å². The maximum Gasteiger partial charge on any atom is 1.00 e. The van der Waals surface area contributed by atoms with Crippen molar-refractivity contribution < 1.29 is 29.6 Å². The van der Waals surface area contributed by atoms with Crippen LogP contribution in [0.2, 0.25) is 0 Å². The Morgan fingerprint density at radius 3 is 1.75 bits per heavy atom. The molecule has 0 saturated heterocycles. The number of allylic oxidation sites excluding steroid dienone is 4. The minimum absolute atomic E-state index is 0. The smallest absolute Gasteiger partial charge is 0.529 e. The maximum atomic E-state index is 3.33. The van der Waals surface area contributed by atoms with Crippen LogP contribution in [0, 0.1) is 6.07 Å². The van der Waals surface area contributed by atoms with Crippen molar-refractivity contribution in [1.29, 1.82) is 0 Å². The summed E-state index contributed by atoms with van der Waals surface area (Å²) < 4.78 is 0. The van der Waals surface area contributed by atoms with Crippen molar-refractivity contribution in [2.45, 2.75) is 27.7 Å². The Kier molecular flexibility index (Phi) is 27.5. The normalized spacial score (nSPS) is 9.19. The van der Waals surface area contributed by atoms with Gasteiger partial charge in [-0.25, -0.2) is 5.31 Å². The molecule has 1 aromatic carbocycles. The van der Waals surface area contributed by atoms with Crippen LogP contribution < -0.4 is 29.6 Å². The molecule has 0 aliphatic heterocycles. The quantitative estimate of drug-likeness (QED) is 0.307. The molecular weight excluding hydrogens is 222 g/mol. The predicted molar refractivity (Wildman–Crippen MR) is 73.5 cm³/mol. The fourth-order valence-electron chi connectivity index (χ4n) is 0.582. The molecule has 0 amide bonds. The predicted octanol–water partition coefficient (Wildman–Crippen LogP) is 2.13. The Hall–Kier alpha value is 0.130. The van der Waals surface area contributed by atoms with E-state index < -0.39 is 0 Å². The van der Waals surface area contributed by atoms with Crippen molar-refractivity contribution in [3.8, 4) is 0 Å². The van der Waals surface area contributed by atoms with Crippen LogP contribution in [0.1, 0.15) is 27.7 Å². The van der Waals surface area contributed by atoms with E-state index >= 15 is 0 Å². The van der Waals surface area contributed by atoms with Crippen LogP contribution in [0.15, 0.2) is 53.9 Å². The van der Waals surface area contributed by atoms with E-state index in [-0.39, 0.29) is 29.6 Å². The van der Waals surface area contributed by atoms with E-state index in [9.17, 15) is 0 Å². The van der Waals surface area contributed by atoms with Gasteiger partial charge in [0.1, 0.15) is 0 Å². The summed E-state index contributed by atoms with van der Waals surface area (Å²) in [6.07, 6.45) is 5.98. The van der Waals surface area contributed by atoms with Gasteiger partial charge in [0.05, 0.1) is 0 Å². The number of hydrogen-bond acceptors (Lipinski definition) is 0. The Labute approximate surface area is 126 Å². The van der Waals surface area contributed by atoms with Crippen LogP contribution in [0.5, 0.6) is 0 Å². The monoisotopic (exact) mass is 243 g/mol. The van der Waals surface area contributed by atoms with Gasteiger partial charge in [0.15, 0.2) is 0 Å². The van der Waals surface area contributed by atoms with Gasteiger partial charge in [-0.1, -0.05) is 39.0 Å². The molecule has 0 heterocycles. The standard InChI is InChI=1S/C6H10P.C6H5.C2H6.Na/c1-3-4-5-6(2)7;1-2-4-6-5-3-1;1-2;/h3-5,7H,1-2H3;1-5H;1-2H3;/q2*-1;;+1/b4-3-,6-5+;;;. The Morgan fingerprint density at radius 1 is 1.12 bits per heavy atom. The van der Waals surface area contributed by atoms with Gasteiger partial charge in [0, 0.05) is 0 Å². The molecular formula is C14H21NaP-. The van der Waals surface area contributed by atoms with Crippen molar-refractivity contribution in [2.24, 2.45) is 0 Å². The molecule has 0 atom stereocenters. The zero-order chi connectivity index (χ0) is 11.9. The molecule has 2 heteroatoms. The zero-order valence-electron chi connectivity index (χ0n) is 11.1. The molecule has 1 aromatic rings. The summed E-state index contributed by atoms with van der Waals surface area (Å²) in [6, 6.07) is 12.5. The van der Waals surface area contributed by atoms with Crippen LogP contribution in [0.25, 0.3) is 0 Å². The van der Waals surface area contributed by atoms with E-state index in [0.29, 0.717) is 0 Å². The molecule has 0 aliphatic rings. The minimum atomic E-state index is 0. The second-order valence-corrected chi connectivity index (χ2v) is 3.24. The first-order chi connectivity index (χ1) is 7.27. The van der Waals surface area contributed by atoms with Crippen molar-refractivity contribution in [2.75, 3.05) is 0 Å². The summed E-state index contributed by atoms with van der Waals surface area (Å²) >= 11 is 0. The largest absolute Gasteiger partial charge is 1.00 e. The molecule has 84 valence electrons. The van der Waals surface area contributed by atoms with Gasteiger partial charge in [-0.05, 0) is 6.92 Å². The summed E-state index contributed by atoms with van der Waals surface area (Å²) in [5, 5.41) is 1.15. The molecule has 0 nitrogen and oxygen atoms in total. The number of benzene rings is 1. The molecule has 0 fully saturated rings. The third-order valence-electron chi connectivity index (χ3n) is 1.15. The zero-order valence-corrected chi connectivity index (χ0v) is 14.1. The summed E-state index contributed by atoms with van der Waals surface area (Å²) in [6.45, 7) is 7.99. The van der Waals surface area contributed by atoms with Crippen molar-refractivity contribution in [1.82, 2.24) is 0 Å². The van der Waals surface area contributed by atoms with Crippen LogP contribution in [-0.4, -0.2) is 0 Å². The molecule has 0 radical (unpaired) electrons. The molecule has 1 rings (SSSR count). The van der Waals surface area contributed by atoms with Gasteiger partial charge >= 0.3 is 29.6 Å². The molecule has 0 N–H and O–H groups in total. The maximum absolute atomic E-state index is 3.33. The van der Waals surface area contributed by atoms with E-state index in [0.717, 1.165) is 5.31 Å². The first-order valence-electron chi connectivity index (χ1n) is 5.19. The number of hydrogen-bond donors (Lipinski definition) is 0. The minimum Gasteiger partial charge on any atom is -0.529 e.